The molecule has 1 saturated carbocycles. The molecule has 5 nitrogen and oxygen atoms in total. The first-order valence-corrected chi connectivity index (χ1v) is 6.31. The predicted octanol–water partition coefficient (Wildman–Crippen LogP) is 1.47. The first kappa shape index (κ1) is 14.5. The van der Waals surface area contributed by atoms with Crippen molar-refractivity contribution in [3.8, 4) is 0 Å². The van der Waals surface area contributed by atoms with Gasteiger partial charge in [0.15, 0.2) is 0 Å². The summed E-state index contributed by atoms with van der Waals surface area (Å²) in [5.74, 6) is -6.03. The normalized spacial score (nSPS) is 29.9. The fraction of sp³-hybridized carbons (Fsp3) is 0.429. The van der Waals surface area contributed by atoms with Crippen LogP contribution in [0.2, 0.25) is 0 Å². The largest absolute Gasteiger partial charge is 0.481 e. The average molecular weight is 282 g/mol. The third-order valence-corrected chi connectivity index (χ3v) is 3.87. The first-order chi connectivity index (χ1) is 9.41. The van der Waals surface area contributed by atoms with Crippen molar-refractivity contribution in [2.24, 2.45) is 11.8 Å². The van der Waals surface area contributed by atoms with Crippen molar-refractivity contribution in [3.63, 3.8) is 0 Å². The molecule has 1 aromatic rings. The monoisotopic (exact) mass is 282 g/mol. The van der Waals surface area contributed by atoms with Crippen molar-refractivity contribution < 1.29 is 29.3 Å². The Bertz CT molecular complexity index is 513. The van der Waals surface area contributed by atoms with Crippen molar-refractivity contribution >= 4 is 11.9 Å². The summed E-state index contributed by atoms with van der Waals surface area (Å²) in [6, 6.07) is 5.13. The molecule has 0 spiro atoms. The summed E-state index contributed by atoms with van der Waals surface area (Å²) in [6.45, 7) is 0. The third-order valence-electron chi connectivity index (χ3n) is 3.87. The Morgan fingerprint density at radius 2 is 1.65 bits per heavy atom. The van der Waals surface area contributed by atoms with E-state index < -0.39 is 41.6 Å². The van der Waals surface area contributed by atoms with Gasteiger partial charge in [-0.3, -0.25) is 9.59 Å². The lowest BCUT2D eigenvalue weighted by atomic mass is 9.68. The lowest BCUT2D eigenvalue weighted by Crippen LogP contribution is -2.43. The lowest BCUT2D eigenvalue weighted by Gasteiger charge is -2.37. The van der Waals surface area contributed by atoms with Crippen LogP contribution in [0.4, 0.5) is 4.39 Å². The molecule has 0 aromatic heterocycles. The van der Waals surface area contributed by atoms with Gasteiger partial charge in [0.05, 0.1) is 17.9 Å². The summed E-state index contributed by atoms with van der Waals surface area (Å²) in [5, 5.41) is 28.5. The molecule has 2 rings (SSSR count). The summed E-state index contributed by atoms with van der Waals surface area (Å²) >= 11 is 0. The van der Waals surface area contributed by atoms with Crippen LogP contribution < -0.4 is 0 Å². The maximum Gasteiger partial charge on any atom is 0.308 e. The second-order valence-electron chi connectivity index (χ2n) is 5.03. The van der Waals surface area contributed by atoms with E-state index in [2.05, 4.69) is 0 Å². The zero-order valence-electron chi connectivity index (χ0n) is 10.6. The van der Waals surface area contributed by atoms with Crippen molar-refractivity contribution in [2.45, 2.75) is 24.9 Å². The van der Waals surface area contributed by atoms with Gasteiger partial charge in [-0.25, -0.2) is 4.39 Å². The molecule has 4 atom stereocenters. The van der Waals surface area contributed by atoms with Crippen molar-refractivity contribution in [1.29, 1.82) is 0 Å². The van der Waals surface area contributed by atoms with Crippen LogP contribution in [0.3, 0.4) is 0 Å². The van der Waals surface area contributed by atoms with Crippen LogP contribution in [0, 0.1) is 17.7 Å². The van der Waals surface area contributed by atoms with E-state index in [1.807, 2.05) is 0 Å². The predicted molar refractivity (Wildman–Crippen MR) is 66.6 cm³/mol. The van der Waals surface area contributed by atoms with Crippen LogP contribution in [0.15, 0.2) is 24.3 Å². The number of carboxylic acid groups (broad SMARTS) is 2. The molecule has 20 heavy (non-hydrogen) atoms. The minimum absolute atomic E-state index is 0.116. The Morgan fingerprint density at radius 3 is 2.15 bits per heavy atom. The maximum atomic E-state index is 12.9. The van der Waals surface area contributed by atoms with E-state index in [1.165, 1.54) is 24.3 Å². The van der Waals surface area contributed by atoms with Gasteiger partial charge in [0.1, 0.15) is 5.82 Å². The number of aliphatic hydroxyl groups is 1. The number of rotatable bonds is 3. The highest BCUT2D eigenvalue weighted by Crippen LogP contribution is 2.42. The fourth-order valence-electron chi connectivity index (χ4n) is 2.92. The van der Waals surface area contributed by atoms with Gasteiger partial charge in [0.2, 0.25) is 0 Å². The quantitative estimate of drug-likeness (QED) is 0.780. The molecule has 0 bridgehead atoms. The van der Waals surface area contributed by atoms with Gasteiger partial charge < -0.3 is 15.3 Å². The van der Waals surface area contributed by atoms with Gasteiger partial charge >= 0.3 is 11.9 Å². The van der Waals surface area contributed by atoms with E-state index in [0.29, 0.717) is 5.56 Å². The summed E-state index contributed by atoms with van der Waals surface area (Å²) in [5.41, 5.74) is 0.442. The first-order valence-electron chi connectivity index (χ1n) is 6.31. The SMILES string of the molecule is O=C(O)[C@@H]1[C@H](c2ccc(F)cc2)[C@@H](O)CC[C@@H]1C(=O)O. The smallest absolute Gasteiger partial charge is 0.308 e. The summed E-state index contributed by atoms with van der Waals surface area (Å²) < 4.78 is 12.9. The van der Waals surface area contributed by atoms with Gasteiger partial charge in [-0.2, -0.15) is 0 Å². The molecule has 1 aliphatic rings. The molecule has 3 N–H and O–H groups in total. The molecule has 1 aliphatic carbocycles. The van der Waals surface area contributed by atoms with Crippen LogP contribution in [0.25, 0.3) is 0 Å². The lowest BCUT2D eigenvalue weighted by molar-refractivity contribution is -0.159. The molecule has 0 aliphatic heterocycles. The molecule has 0 amide bonds. The standard InChI is InChI=1S/C14H15FO5/c15-8-3-1-7(2-4-8)11-10(16)6-5-9(13(17)18)12(11)14(19)20/h1-4,9-12,16H,5-6H2,(H,17,18)(H,19,20)/t9-,10-,11+,12-/m0/s1. The minimum Gasteiger partial charge on any atom is -0.481 e. The number of hydrogen-bond donors (Lipinski definition) is 3. The number of hydrogen-bond acceptors (Lipinski definition) is 3. The molecule has 0 radical (unpaired) electrons. The van der Waals surface area contributed by atoms with Crippen LogP contribution in [0.5, 0.6) is 0 Å². The molecule has 6 heteroatoms. The Hall–Kier alpha value is -1.95. The molecule has 0 heterocycles. The number of aliphatic carboxylic acids is 2. The average Bonchev–Trinajstić information content (AvgIpc) is 2.39. The van der Waals surface area contributed by atoms with E-state index in [0.717, 1.165) is 0 Å². The number of carbonyl (C=O) groups is 2. The number of benzene rings is 1. The highest BCUT2D eigenvalue weighted by molar-refractivity contribution is 5.81. The van der Waals surface area contributed by atoms with E-state index >= 15 is 0 Å². The van der Waals surface area contributed by atoms with Crippen molar-refractivity contribution in [2.75, 3.05) is 0 Å². The summed E-state index contributed by atoms with van der Waals surface area (Å²) in [6.07, 6.45) is -0.620. The van der Waals surface area contributed by atoms with E-state index in [1.54, 1.807) is 0 Å². The fourth-order valence-corrected chi connectivity index (χ4v) is 2.92. The zero-order valence-corrected chi connectivity index (χ0v) is 10.6. The van der Waals surface area contributed by atoms with Gasteiger partial charge in [0, 0.05) is 5.92 Å². The second-order valence-corrected chi connectivity index (χ2v) is 5.03. The Balaban J connectivity index is 2.41. The van der Waals surface area contributed by atoms with E-state index in [-0.39, 0.29) is 12.8 Å². The number of aliphatic hydroxyl groups excluding tert-OH is 1. The maximum absolute atomic E-state index is 12.9. The van der Waals surface area contributed by atoms with Crippen LogP contribution in [0.1, 0.15) is 24.3 Å². The third kappa shape index (κ3) is 2.65. The summed E-state index contributed by atoms with van der Waals surface area (Å²) in [7, 11) is 0. The zero-order chi connectivity index (χ0) is 14.9. The van der Waals surface area contributed by atoms with Gasteiger partial charge in [-0.15, -0.1) is 0 Å². The van der Waals surface area contributed by atoms with Crippen LogP contribution >= 0.6 is 0 Å². The van der Waals surface area contributed by atoms with Crippen LogP contribution in [-0.2, 0) is 9.59 Å². The topological polar surface area (TPSA) is 94.8 Å². The molecule has 1 fully saturated rings. The van der Waals surface area contributed by atoms with E-state index in [9.17, 15) is 24.2 Å². The minimum atomic E-state index is -1.26. The highest BCUT2D eigenvalue weighted by atomic mass is 19.1. The Labute approximate surface area is 114 Å². The van der Waals surface area contributed by atoms with Crippen molar-refractivity contribution in [3.05, 3.63) is 35.6 Å². The molecule has 108 valence electrons. The molecule has 0 saturated heterocycles. The van der Waals surface area contributed by atoms with Crippen molar-refractivity contribution in [1.82, 2.24) is 0 Å². The molecular weight excluding hydrogens is 267 g/mol. The van der Waals surface area contributed by atoms with Crippen LogP contribution in [-0.4, -0.2) is 33.4 Å². The summed E-state index contributed by atoms with van der Waals surface area (Å²) in [4.78, 5) is 22.6. The Morgan fingerprint density at radius 1 is 1.05 bits per heavy atom. The van der Waals surface area contributed by atoms with Gasteiger partial charge in [0.25, 0.3) is 0 Å². The number of carboxylic acids is 2. The van der Waals surface area contributed by atoms with Gasteiger partial charge in [-0.1, -0.05) is 12.1 Å². The second kappa shape index (κ2) is 5.58. The molecule has 0 unspecified atom stereocenters. The molecule has 1 aromatic carbocycles. The molecular formula is C14H15FO5. The Kier molecular flexibility index (Phi) is 4.04. The number of halogens is 1. The van der Waals surface area contributed by atoms with Gasteiger partial charge in [-0.05, 0) is 30.5 Å². The highest BCUT2D eigenvalue weighted by Gasteiger charge is 2.46. The van der Waals surface area contributed by atoms with E-state index in [4.69, 9.17) is 5.11 Å².